The van der Waals surface area contributed by atoms with Crippen LogP contribution >= 0.6 is 0 Å². The normalized spacial score (nSPS) is 12.0. The maximum Gasteiger partial charge on any atom is 0.434 e. The highest BCUT2D eigenvalue weighted by molar-refractivity contribution is 5.52. The third kappa shape index (κ3) is 1.85. The molecule has 4 nitrogen and oxygen atoms in total. The van der Waals surface area contributed by atoms with Crippen LogP contribution in [0.5, 0.6) is 0 Å². The van der Waals surface area contributed by atoms with Gasteiger partial charge in [-0.3, -0.25) is 4.68 Å². The lowest BCUT2D eigenvalue weighted by atomic mass is 10.3. The van der Waals surface area contributed by atoms with Gasteiger partial charge in [0.05, 0.1) is 11.8 Å². The first-order chi connectivity index (χ1) is 6.97. The van der Waals surface area contributed by atoms with Crippen LogP contribution in [0.15, 0.2) is 18.6 Å². The number of aromatic nitrogens is 4. The van der Waals surface area contributed by atoms with Gasteiger partial charge in [-0.2, -0.15) is 18.3 Å². The molecule has 0 saturated heterocycles. The van der Waals surface area contributed by atoms with Crippen molar-refractivity contribution in [1.82, 2.24) is 19.7 Å². The molecule has 1 N–H and O–H groups in total. The maximum atomic E-state index is 12.2. The van der Waals surface area contributed by atoms with Crippen molar-refractivity contribution in [2.75, 3.05) is 0 Å². The van der Waals surface area contributed by atoms with Gasteiger partial charge in [-0.05, 0) is 0 Å². The highest BCUT2D eigenvalue weighted by Crippen LogP contribution is 2.29. The Morgan fingerprint density at radius 1 is 1.40 bits per heavy atom. The molecule has 2 aromatic heterocycles. The van der Waals surface area contributed by atoms with Gasteiger partial charge in [0.15, 0.2) is 5.69 Å². The number of H-pyrrole nitrogens is 1. The maximum absolute atomic E-state index is 12.2. The summed E-state index contributed by atoms with van der Waals surface area (Å²) >= 11 is 0. The number of halogens is 3. The van der Waals surface area contributed by atoms with Crippen LogP contribution in [0.25, 0.3) is 11.4 Å². The number of aromatic amines is 1. The van der Waals surface area contributed by atoms with Crippen molar-refractivity contribution in [1.29, 1.82) is 0 Å². The van der Waals surface area contributed by atoms with Crippen LogP contribution in [0.1, 0.15) is 5.69 Å². The van der Waals surface area contributed by atoms with Crippen LogP contribution in [0.3, 0.4) is 0 Å². The summed E-state index contributed by atoms with van der Waals surface area (Å²) in [5.41, 5.74) is -0.408. The zero-order chi connectivity index (χ0) is 11.1. The first-order valence-electron chi connectivity index (χ1n) is 4.08. The van der Waals surface area contributed by atoms with E-state index in [9.17, 15) is 13.2 Å². The molecule has 0 spiro atoms. The van der Waals surface area contributed by atoms with Crippen LogP contribution < -0.4 is 0 Å². The number of nitrogens with one attached hydrogen (secondary N) is 1. The first-order valence-corrected chi connectivity index (χ1v) is 4.08. The van der Waals surface area contributed by atoms with Crippen molar-refractivity contribution in [3.8, 4) is 11.4 Å². The van der Waals surface area contributed by atoms with Gasteiger partial charge in [0, 0.05) is 19.4 Å². The van der Waals surface area contributed by atoms with Crippen molar-refractivity contribution in [2.45, 2.75) is 6.18 Å². The Kier molecular flexibility index (Phi) is 2.02. The van der Waals surface area contributed by atoms with Crippen LogP contribution in [-0.4, -0.2) is 19.7 Å². The smallest absolute Gasteiger partial charge is 0.344 e. The molecule has 0 unspecified atom stereocenters. The number of aryl methyl sites for hydroxylation is 1. The quantitative estimate of drug-likeness (QED) is 0.790. The van der Waals surface area contributed by atoms with E-state index in [0.29, 0.717) is 5.56 Å². The van der Waals surface area contributed by atoms with Crippen LogP contribution in [-0.2, 0) is 13.2 Å². The number of hydrogen-bond acceptors (Lipinski definition) is 2. The third-order valence-corrected chi connectivity index (χ3v) is 1.85. The Bertz CT molecular complexity index is 468. The molecule has 0 aliphatic rings. The fourth-order valence-electron chi connectivity index (χ4n) is 1.16. The summed E-state index contributed by atoms with van der Waals surface area (Å²) in [5.74, 6) is 0.162. The summed E-state index contributed by atoms with van der Waals surface area (Å²) in [6, 6.07) is 0. The Hall–Kier alpha value is -1.79. The van der Waals surface area contributed by atoms with Crippen LogP contribution in [0.4, 0.5) is 13.2 Å². The molecule has 0 radical (unpaired) electrons. The highest BCUT2D eigenvalue weighted by Gasteiger charge is 2.33. The summed E-state index contributed by atoms with van der Waals surface area (Å²) in [6.07, 6.45) is -0.558. The van der Waals surface area contributed by atoms with Gasteiger partial charge >= 0.3 is 6.18 Å². The predicted molar refractivity (Wildman–Crippen MR) is 45.8 cm³/mol. The zero-order valence-electron chi connectivity index (χ0n) is 7.71. The SMILES string of the molecule is Cn1cc(-c2nc(C(F)(F)F)c[nH]2)cn1. The number of alkyl halides is 3. The minimum atomic E-state index is -4.42. The topological polar surface area (TPSA) is 46.5 Å². The minimum absolute atomic E-state index is 0.162. The van der Waals surface area contributed by atoms with Crippen molar-refractivity contribution < 1.29 is 13.2 Å². The van der Waals surface area contributed by atoms with Gasteiger partial charge in [0.2, 0.25) is 0 Å². The summed E-state index contributed by atoms with van der Waals surface area (Å²) < 4.78 is 38.1. The molecule has 0 fully saturated rings. The molecular weight excluding hydrogens is 209 g/mol. The lowest BCUT2D eigenvalue weighted by Gasteiger charge is -1.99. The van der Waals surface area contributed by atoms with E-state index in [1.54, 1.807) is 13.2 Å². The van der Waals surface area contributed by atoms with E-state index in [-0.39, 0.29) is 5.82 Å². The lowest BCUT2D eigenvalue weighted by molar-refractivity contribution is -0.140. The molecule has 0 aromatic carbocycles. The molecule has 0 atom stereocenters. The van der Waals surface area contributed by atoms with E-state index in [2.05, 4.69) is 15.1 Å². The molecule has 80 valence electrons. The van der Waals surface area contributed by atoms with Crippen molar-refractivity contribution in [3.05, 3.63) is 24.3 Å². The number of hydrogen-bond donors (Lipinski definition) is 1. The zero-order valence-corrected chi connectivity index (χ0v) is 7.71. The van der Waals surface area contributed by atoms with Gasteiger partial charge in [-0.15, -0.1) is 0 Å². The molecule has 2 aromatic rings. The van der Waals surface area contributed by atoms with Gasteiger partial charge in [-0.25, -0.2) is 4.98 Å². The summed E-state index contributed by atoms with van der Waals surface area (Å²) in [7, 11) is 1.68. The minimum Gasteiger partial charge on any atom is -0.344 e. The molecule has 15 heavy (non-hydrogen) atoms. The van der Waals surface area contributed by atoms with E-state index in [1.807, 2.05) is 0 Å². The lowest BCUT2D eigenvalue weighted by Crippen LogP contribution is -2.04. The van der Waals surface area contributed by atoms with Crippen molar-refractivity contribution >= 4 is 0 Å². The van der Waals surface area contributed by atoms with Crippen molar-refractivity contribution in [3.63, 3.8) is 0 Å². The van der Waals surface area contributed by atoms with E-state index in [1.165, 1.54) is 10.9 Å². The van der Waals surface area contributed by atoms with Crippen molar-refractivity contribution in [2.24, 2.45) is 7.05 Å². The summed E-state index contributed by atoms with van der Waals surface area (Å²) in [5, 5.41) is 3.84. The molecule has 0 aliphatic heterocycles. The fraction of sp³-hybridized carbons (Fsp3) is 0.250. The molecule has 0 amide bonds. The van der Waals surface area contributed by atoms with E-state index >= 15 is 0 Å². The Balaban J connectivity index is 2.36. The Labute approximate surface area is 82.8 Å². The second kappa shape index (κ2) is 3.11. The van der Waals surface area contributed by atoms with Gasteiger partial charge in [0.1, 0.15) is 5.82 Å². The van der Waals surface area contributed by atoms with Gasteiger partial charge in [-0.1, -0.05) is 0 Å². The number of nitrogens with zero attached hydrogens (tertiary/aromatic N) is 3. The second-order valence-corrected chi connectivity index (χ2v) is 3.03. The predicted octanol–water partition coefficient (Wildman–Crippen LogP) is 1.83. The largest absolute Gasteiger partial charge is 0.434 e. The average Bonchev–Trinajstić information content (AvgIpc) is 2.69. The molecule has 2 heterocycles. The third-order valence-electron chi connectivity index (χ3n) is 1.85. The molecule has 2 rings (SSSR count). The van der Waals surface area contributed by atoms with Crippen LogP contribution in [0.2, 0.25) is 0 Å². The first kappa shape index (κ1) is 9.75. The monoisotopic (exact) mass is 216 g/mol. The Morgan fingerprint density at radius 2 is 2.13 bits per heavy atom. The number of rotatable bonds is 1. The van der Waals surface area contributed by atoms with E-state index in [4.69, 9.17) is 0 Å². The summed E-state index contributed by atoms with van der Waals surface area (Å²) in [6.45, 7) is 0. The molecule has 0 aliphatic carbocycles. The molecule has 7 heteroatoms. The molecule has 0 saturated carbocycles. The van der Waals surface area contributed by atoms with Gasteiger partial charge < -0.3 is 4.98 Å². The molecule has 0 bridgehead atoms. The standard InChI is InChI=1S/C8H7F3N4/c1-15-4-5(2-13-15)7-12-3-6(14-7)8(9,10)11/h2-4H,1H3,(H,12,14). The average molecular weight is 216 g/mol. The highest BCUT2D eigenvalue weighted by atomic mass is 19.4. The van der Waals surface area contributed by atoms with E-state index in [0.717, 1.165) is 6.20 Å². The van der Waals surface area contributed by atoms with Crippen LogP contribution in [0, 0.1) is 0 Å². The number of imidazole rings is 1. The Morgan fingerprint density at radius 3 is 2.60 bits per heavy atom. The van der Waals surface area contributed by atoms with Gasteiger partial charge in [0.25, 0.3) is 0 Å². The summed E-state index contributed by atoms with van der Waals surface area (Å²) in [4.78, 5) is 5.89. The van der Waals surface area contributed by atoms with E-state index < -0.39 is 11.9 Å². The molecular formula is C8H7F3N4. The second-order valence-electron chi connectivity index (χ2n) is 3.03. The fourth-order valence-corrected chi connectivity index (χ4v) is 1.16.